The number of hydrogen-bond acceptors (Lipinski definition) is 2. The molecule has 0 unspecified atom stereocenters. The highest BCUT2D eigenvalue weighted by molar-refractivity contribution is 6.08. The Morgan fingerprint density at radius 3 is 1.19 bits per heavy atom. The van der Waals surface area contributed by atoms with E-state index in [0.29, 0.717) is 0 Å². The van der Waals surface area contributed by atoms with Gasteiger partial charge in [0.15, 0.2) is 0 Å². The summed E-state index contributed by atoms with van der Waals surface area (Å²) >= 11 is 0. The van der Waals surface area contributed by atoms with Crippen LogP contribution in [0.25, 0.3) is 0 Å². The fraction of sp³-hybridized carbons (Fsp3) is 0.176. The first-order chi connectivity index (χ1) is 12.4. The van der Waals surface area contributed by atoms with Crippen LogP contribution in [0.1, 0.15) is 17.5 Å². The standard InChI is InChI=1S/C17H12F6N2O2/c18-16(19,20)10-1-5-12(6-2-10)24-14(26)9-15(27)25-13-7-3-11(4-8-13)17(21,22)23/h1-8H,9H2,(H,24,26)(H,25,27). The highest BCUT2D eigenvalue weighted by atomic mass is 19.4. The normalized spacial score (nSPS) is 11.8. The Hall–Kier alpha value is -3.04. The van der Waals surface area contributed by atoms with Crippen molar-refractivity contribution >= 4 is 23.2 Å². The number of amides is 2. The maximum Gasteiger partial charge on any atom is 0.416 e. The van der Waals surface area contributed by atoms with Crippen molar-refractivity contribution in [3.8, 4) is 0 Å². The Morgan fingerprint density at radius 2 is 0.926 bits per heavy atom. The lowest BCUT2D eigenvalue weighted by Crippen LogP contribution is -2.21. The Bertz CT molecular complexity index is 742. The molecule has 10 heteroatoms. The molecule has 0 aromatic heterocycles. The van der Waals surface area contributed by atoms with Gasteiger partial charge < -0.3 is 10.6 Å². The average molecular weight is 390 g/mol. The van der Waals surface area contributed by atoms with Crippen molar-refractivity contribution < 1.29 is 35.9 Å². The van der Waals surface area contributed by atoms with Crippen LogP contribution in [-0.4, -0.2) is 11.8 Å². The van der Waals surface area contributed by atoms with Gasteiger partial charge >= 0.3 is 12.4 Å². The van der Waals surface area contributed by atoms with Crippen LogP contribution in [0.2, 0.25) is 0 Å². The second kappa shape index (κ2) is 7.68. The van der Waals surface area contributed by atoms with E-state index in [1.807, 2.05) is 0 Å². The molecule has 0 aliphatic carbocycles. The maximum absolute atomic E-state index is 12.4. The van der Waals surface area contributed by atoms with Crippen molar-refractivity contribution in [3.63, 3.8) is 0 Å². The summed E-state index contributed by atoms with van der Waals surface area (Å²) in [6.07, 6.45) is -9.68. The van der Waals surface area contributed by atoms with Gasteiger partial charge in [-0.3, -0.25) is 9.59 Å². The number of rotatable bonds is 4. The average Bonchev–Trinajstić information content (AvgIpc) is 2.53. The fourth-order valence-corrected chi connectivity index (χ4v) is 2.04. The molecule has 2 N–H and O–H groups in total. The van der Waals surface area contributed by atoms with E-state index in [9.17, 15) is 35.9 Å². The minimum atomic E-state index is -4.51. The number of benzene rings is 2. The quantitative estimate of drug-likeness (QED) is 0.588. The van der Waals surface area contributed by atoms with Crippen LogP contribution in [0.5, 0.6) is 0 Å². The number of nitrogens with one attached hydrogen (secondary N) is 2. The topological polar surface area (TPSA) is 58.2 Å². The van der Waals surface area contributed by atoms with E-state index in [2.05, 4.69) is 10.6 Å². The lowest BCUT2D eigenvalue weighted by molar-refractivity contribution is -0.138. The minimum absolute atomic E-state index is 0.0651. The minimum Gasteiger partial charge on any atom is -0.326 e. The van der Waals surface area contributed by atoms with Crippen LogP contribution in [0.15, 0.2) is 48.5 Å². The summed E-state index contributed by atoms with van der Waals surface area (Å²) in [5.41, 5.74) is -1.65. The number of halogens is 6. The van der Waals surface area contributed by atoms with Gasteiger partial charge in [0.1, 0.15) is 6.42 Å². The Kier molecular flexibility index (Phi) is 5.77. The molecule has 4 nitrogen and oxygen atoms in total. The lowest BCUT2D eigenvalue weighted by atomic mass is 10.2. The largest absolute Gasteiger partial charge is 0.416 e. The molecule has 2 aromatic rings. The van der Waals surface area contributed by atoms with Gasteiger partial charge in [0.05, 0.1) is 11.1 Å². The number of carbonyl (C=O) groups is 2. The van der Waals surface area contributed by atoms with Gasteiger partial charge in [-0.2, -0.15) is 26.3 Å². The zero-order valence-electron chi connectivity index (χ0n) is 13.4. The molecule has 0 spiro atoms. The van der Waals surface area contributed by atoms with Gasteiger partial charge in [0.25, 0.3) is 0 Å². The molecular weight excluding hydrogens is 378 g/mol. The molecule has 0 radical (unpaired) electrons. The third kappa shape index (κ3) is 6.01. The molecule has 0 atom stereocenters. The first-order valence-electron chi connectivity index (χ1n) is 7.39. The van der Waals surface area contributed by atoms with E-state index in [0.717, 1.165) is 48.5 Å². The molecule has 0 aliphatic rings. The van der Waals surface area contributed by atoms with Crippen molar-refractivity contribution in [2.24, 2.45) is 0 Å². The summed E-state index contributed by atoms with van der Waals surface area (Å²) in [5, 5.41) is 4.50. The molecule has 2 rings (SSSR count). The Labute approximate surface area is 149 Å². The van der Waals surface area contributed by atoms with Crippen LogP contribution in [0.4, 0.5) is 37.7 Å². The van der Waals surface area contributed by atoms with Crippen LogP contribution < -0.4 is 10.6 Å². The number of carbonyl (C=O) groups excluding carboxylic acids is 2. The van der Waals surface area contributed by atoms with Gasteiger partial charge in [-0.05, 0) is 48.5 Å². The molecule has 0 saturated carbocycles. The predicted octanol–water partition coefficient (Wildman–Crippen LogP) is 4.69. The molecule has 0 bridgehead atoms. The maximum atomic E-state index is 12.4. The highest BCUT2D eigenvalue weighted by Gasteiger charge is 2.30. The summed E-state index contributed by atoms with van der Waals surface area (Å²) in [6.45, 7) is 0. The molecule has 2 amide bonds. The second-order valence-electron chi connectivity index (χ2n) is 5.42. The third-order valence-corrected chi connectivity index (χ3v) is 3.31. The summed E-state index contributed by atoms with van der Waals surface area (Å²) < 4.78 is 74.7. The molecule has 0 heterocycles. The van der Waals surface area contributed by atoms with E-state index in [1.165, 1.54) is 0 Å². The first-order valence-corrected chi connectivity index (χ1v) is 7.39. The highest BCUT2D eigenvalue weighted by Crippen LogP contribution is 2.30. The second-order valence-corrected chi connectivity index (χ2v) is 5.42. The van der Waals surface area contributed by atoms with Crippen molar-refractivity contribution in [1.29, 1.82) is 0 Å². The molecule has 0 aliphatic heterocycles. The molecule has 144 valence electrons. The van der Waals surface area contributed by atoms with Crippen molar-refractivity contribution in [2.75, 3.05) is 10.6 Å². The molecular formula is C17H12F6N2O2. The van der Waals surface area contributed by atoms with Crippen LogP contribution in [0.3, 0.4) is 0 Å². The predicted molar refractivity (Wildman–Crippen MR) is 84.8 cm³/mol. The van der Waals surface area contributed by atoms with E-state index >= 15 is 0 Å². The summed E-state index contributed by atoms with van der Waals surface area (Å²) in [4.78, 5) is 23.5. The smallest absolute Gasteiger partial charge is 0.326 e. The van der Waals surface area contributed by atoms with E-state index < -0.39 is 41.7 Å². The summed E-state index contributed by atoms with van der Waals surface area (Å²) in [6, 6.07) is 7.25. The van der Waals surface area contributed by atoms with Crippen molar-refractivity contribution in [3.05, 3.63) is 59.7 Å². The van der Waals surface area contributed by atoms with Crippen molar-refractivity contribution in [1.82, 2.24) is 0 Å². The number of anilines is 2. The zero-order valence-corrected chi connectivity index (χ0v) is 13.4. The van der Waals surface area contributed by atoms with Crippen LogP contribution in [0, 0.1) is 0 Å². The SMILES string of the molecule is O=C(CC(=O)Nc1ccc(C(F)(F)F)cc1)Nc1ccc(C(F)(F)F)cc1. The van der Waals surface area contributed by atoms with E-state index in [-0.39, 0.29) is 11.4 Å². The molecule has 2 aromatic carbocycles. The number of hydrogen-bond donors (Lipinski definition) is 2. The molecule has 0 fully saturated rings. The first kappa shape index (κ1) is 20.3. The van der Waals surface area contributed by atoms with Crippen LogP contribution >= 0.6 is 0 Å². The van der Waals surface area contributed by atoms with Crippen LogP contribution in [-0.2, 0) is 21.9 Å². The number of alkyl halides is 6. The molecule has 27 heavy (non-hydrogen) atoms. The van der Waals surface area contributed by atoms with Gasteiger partial charge in [-0.15, -0.1) is 0 Å². The monoisotopic (exact) mass is 390 g/mol. The molecule has 0 saturated heterocycles. The van der Waals surface area contributed by atoms with Crippen molar-refractivity contribution in [2.45, 2.75) is 18.8 Å². The summed E-state index contributed by atoms with van der Waals surface area (Å²) in [7, 11) is 0. The van der Waals surface area contributed by atoms with Gasteiger partial charge in [-0.25, -0.2) is 0 Å². The Morgan fingerprint density at radius 1 is 0.630 bits per heavy atom. The lowest BCUT2D eigenvalue weighted by Gasteiger charge is -2.10. The fourth-order valence-electron chi connectivity index (χ4n) is 2.04. The zero-order chi connectivity index (χ0) is 20.2. The van der Waals surface area contributed by atoms with Gasteiger partial charge in [0, 0.05) is 11.4 Å². The van der Waals surface area contributed by atoms with Gasteiger partial charge in [-0.1, -0.05) is 0 Å². The summed E-state index contributed by atoms with van der Waals surface area (Å²) in [5.74, 6) is -1.58. The van der Waals surface area contributed by atoms with E-state index in [4.69, 9.17) is 0 Å². The Balaban J connectivity index is 1.89. The van der Waals surface area contributed by atoms with Gasteiger partial charge in [0.2, 0.25) is 11.8 Å². The third-order valence-electron chi connectivity index (χ3n) is 3.31. The van der Waals surface area contributed by atoms with E-state index in [1.54, 1.807) is 0 Å².